The van der Waals surface area contributed by atoms with Crippen LogP contribution in [0.3, 0.4) is 0 Å². The molecule has 12 heteroatoms. The molecule has 0 saturated heterocycles. The Labute approximate surface area is 174 Å². The number of esters is 2. The largest absolute Gasteiger partial charge is 0.502 e. The van der Waals surface area contributed by atoms with Gasteiger partial charge in [0.2, 0.25) is 0 Å². The molecule has 0 bridgehead atoms. The molecule has 1 aromatic carbocycles. The molecule has 10 N–H and O–H groups in total. The second kappa shape index (κ2) is 24.8. The van der Waals surface area contributed by atoms with Crippen molar-refractivity contribution in [2.45, 2.75) is 23.6 Å². The molecule has 0 fully saturated rings. The number of hydrogen-bond donors (Lipinski definition) is 4. The van der Waals surface area contributed by atoms with Gasteiger partial charge in [-0.3, -0.25) is 0 Å². The second-order valence-electron chi connectivity index (χ2n) is 3.85. The highest BCUT2D eigenvalue weighted by atomic mass is 32.1. The number of rotatable bonds is 4. The fourth-order valence-electron chi connectivity index (χ4n) is 0.922. The van der Waals surface area contributed by atoms with Crippen molar-refractivity contribution in [3.63, 3.8) is 0 Å². The van der Waals surface area contributed by atoms with E-state index < -0.39 is 23.5 Å². The first kappa shape index (κ1) is 40.5. The van der Waals surface area contributed by atoms with E-state index in [9.17, 15) is 9.59 Å². The van der Waals surface area contributed by atoms with E-state index in [1.807, 2.05) is 24.3 Å². The molecule has 0 aliphatic carbocycles. The zero-order valence-corrected chi connectivity index (χ0v) is 17.3. The topological polar surface area (TPSA) is 219 Å². The fraction of sp³-hybridized carbons (Fsp3) is 0.250. The zero-order valence-electron chi connectivity index (χ0n) is 15.6. The lowest BCUT2D eigenvalue weighted by Gasteiger charge is -1.95. The van der Waals surface area contributed by atoms with Crippen molar-refractivity contribution < 1.29 is 51.2 Å². The van der Waals surface area contributed by atoms with E-state index in [0.717, 1.165) is 9.79 Å². The number of aliphatic hydroxyl groups excluding tert-OH is 2. The minimum Gasteiger partial charge on any atom is -0.502 e. The smallest absolute Gasteiger partial charge is 0.372 e. The third-order valence-corrected chi connectivity index (χ3v) is 2.41. The van der Waals surface area contributed by atoms with Crippen molar-refractivity contribution in [3.05, 3.63) is 48.9 Å². The van der Waals surface area contributed by atoms with Gasteiger partial charge in [0.15, 0.2) is 11.5 Å². The van der Waals surface area contributed by atoms with Gasteiger partial charge in [-0.2, -0.15) is 0 Å². The van der Waals surface area contributed by atoms with Gasteiger partial charge in [-0.1, -0.05) is 6.07 Å². The summed E-state index contributed by atoms with van der Waals surface area (Å²) >= 11 is 8.21. The molecule has 0 aromatic heterocycles. The van der Waals surface area contributed by atoms with Gasteiger partial charge in [-0.25, -0.2) is 9.59 Å². The molecule has 0 atom stereocenters. The Hall–Kier alpha value is -2.22. The third kappa shape index (κ3) is 26.0. The van der Waals surface area contributed by atoms with Crippen LogP contribution in [0.2, 0.25) is 0 Å². The van der Waals surface area contributed by atoms with Gasteiger partial charge in [0.25, 0.3) is 0 Å². The van der Waals surface area contributed by atoms with E-state index in [1.54, 1.807) is 13.8 Å². The summed E-state index contributed by atoms with van der Waals surface area (Å²) in [7, 11) is 0. The lowest BCUT2D eigenvalue weighted by Crippen LogP contribution is -2.05. The van der Waals surface area contributed by atoms with Crippen LogP contribution in [0, 0.1) is 0 Å². The summed E-state index contributed by atoms with van der Waals surface area (Å²) in [4.78, 5) is 22.3. The van der Waals surface area contributed by atoms with Crippen LogP contribution in [0.5, 0.6) is 0 Å². The van der Waals surface area contributed by atoms with E-state index >= 15 is 0 Å². The predicted octanol–water partition coefficient (Wildman–Crippen LogP) is 0.208. The minimum atomic E-state index is -0.757. The third-order valence-electron chi connectivity index (χ3n) is 1.85. The molecule has 0 spiro atoms. The molecular formula is C16H30O10S2. The molecule has 0 amide bonds. The summed E-state index contributed by atoms with van der Waals surface area (Å²) in [6.07, 6.45) is 0. The molecule has 1 aromatic rings. The van der Waals surface area contributed by atoms with Crippen molar-refractivity contribution in [1.29, 1.82) is 0 Å². The normalized spacial score (nSPS) is 7.29. The van der Waals surface area contributed by atoms with Gasteiger partial charge in [0, 0.05) is 9.79 Å². The van der Waals surface area contributed by atoms with E-state index in [-0.39, 0.29) is 35.1 Å². The molecule has 166 valence electrons. The van der Waals surface area contributed by atoms with Crippen LogP contribution < -0.4 is 0 Å². The maximum Gasteiger partial charge on any atom is 0.372 e. The van der Waals surface area contributed by atoms with Crippen molar-refractivity contribution >= 4 is 37.2 Å². The Morgan fingerprint density at radius 3 is 1.25 bits per heavy atom. The molecule has 0 saturated carbocycles. The first-order chi connectivity index (χ1) is 11.1. The lowest BCUT2D eigenvalue weighted by molar-refractivity contribution is -0.142. The summed E-state index contributed by atoms with van der Waals surface area (Å²) in [5, 5.41) is 16.6. The molecular weight excluding hydrogens is 416 g/mol. The van der Waals surface area contributed by atoms with Crippen LogP contribution in [0.1, 0.15) is 13.8 Å². The molecule has 10 nitrogen and oxygen atoms in total. The molecule has 1 rings (SSSR count). The second-order valence-corrected chi connectivity index (χ2v) is 4.89. The SMILES string of the molecule is C=C(O)C(=O)OCC.C=C(O)C(=O)OCC.O.O.O.O.Sc1cccc(S)c1. The highest BCUT2D eigenvalue weighted by Gasteiger charge is 2.02. The van der Waals surface area contributed by atoms with Crippen molar-refractivity contribution in [3.8, 4) is 0 Å². The zero-order chi connectivity index (χ0) is 19.1. The van der Waals surface area contributed by atoms with Gasteiger partial charge in [0.05, 0.1) is 13.2 Å². The number of hydrogen-bond acceptors (Lipinski definition) is 8. The number of benzene rings is 1. The maximum absolute atomic E-state index is 10.2. The van der Waals surface area contributed by atoms with Gasteiger partial charge < -0.3 is 41.6 Å². The average Bonchev–Trinajstić information content (AvgIpc) is 2.48. The number of carbonyl (C=O) groups excluding carboxylic acids is 2. The molecule has 0 heterocycles. The number of carbonyl (C=O) groups is 2. The summed E-state index contributed by atoms with van der Waals surface area (Å²) in [5.74, 6) is -2.61. The van der Waals surface area contributed by atoms with E-state index in [0.29, 0.717) is 0 Å². The van der Waals surface area contributed by atoms with E-state index in [2.05, 4.69) is 47.9 Å². The molecule has 0 aliphatic rings. The van der Waals surface area contributed by atoms with Crippen LogP contribution in [-0.2, 0) is 19.1 Å². The highest BCUT2D eigenvalue weighted by Crippen LogP contribution is 2.10. The first-order valence-electron chi connectivity index (χ1n) is 6.73. The Kier molecular flexibility index (Phi) is 35.8. The monoisotopic (exact) mass is 446 g/mol. The first-order valence-corrected chi connectivity index (χ1v) is 7.63. The van der Waals surface area contributed by atoms with Gasteiger partial charge >= 0.3 is 11.9 Å². The van der Waals surface area contributed by atoms with Gasteiger partial charge in [-0.05, 0) is 45.2 Å². The van der Waals surface area contributed by atoms with Crippen LogP contribution in [0.4, 0.5) is 0 Å². The molecule has 0 radical (unpaired) electrons. The number of aliphatic hydroxyl groups is 2. The van der Waals surface area contributed by atoms with Crippen LogP contribution in [-0.4, -0.2) is 57.3 Å². The molecule has 0 aliphatic heterocycles. The quantitative estimate of drug-likeness (QED) is 0.219. The Balaban J connectivity index is -0.0000000605. The predicted molar refractivity (Wildman–Crippen MR) is 112 cm³/mol. The maximum atomic E-state index is 10.2. The van der Waals surface area contributed by atoms with E-state index in [4.69, 9.17) is 10.2 Å². The number of thiol groups is 2. The van der Waals surface area contributed by atoms with Gasteiger partial charge in [0.1, 0.15) is 0 Å². The Bertz CT molecular complexity index is 519. The average molecular weight is 447 g/mol. The lowest BCUT2D eigenvalue weighted by atomic mass is 10.4. The van der Waals surface area contributed by atoms with Crippen LogP contribution in [0.15, 0.2) is 58.7 Å². The summed E-state index contributed by atoms with van der Waals surface area (Å²) in [5.41, 5.74) is 0. The standard InChI is InChI=1S/C6H6S2.2C5H8O3.4H2O/c7-5-2-1-3-6(8)4-5;2*1-3-8-5(7)4(2)6;;;;/h1-4,7-8H;2*6H,2-3H2,1H3;4*1H2. The summed E-state index contributed by atoms with van der Waals surface area (Å²) in [6, 6.07) is 7.66. The van der Waals surface area contributed by atoms with Crippen LogP contribution in [0.25, 0.3) is 0 Å². The van der Waals surface area contributed by atoms with Crippen molar-refractivity contribution in [2.75, 3.05) is 13.2 Å². The molecule has 28 heavy (non-hydrogen) atoms. The minimum absolute atomic E-state index is 0. The van der Waals surface area contributed by atoms with Crippen LogP contribution >= 0.6 is 25.3 Å². The van der Waals surface area contributed by atoms with E-state index in [1.165, 1.54) is 0 Å². The van der Waals surface area contributed by atoms with Crippen molar-refractivity contribution in [1.82, 2.24) is 0 Å². The number of ether oxygens (including phenoxy) is 2. The fourth-order valence-corrected chi connectivity index (χ4v) is 1.47. The molecule has 0 unspecified atom stereocenters. The highest BCUT2D eigenvalue weighted by molar-refractivity contribution is 7.81. The summed E-state index contributed by atoms with van der Waals surface area (Å²) in [6.45, 7) is 9.74. The Morgan fingerprint density at radius 1 is 0.857 bits per heavy atom. The van der Waals surface area contributed by atoms with Gasteiger partial charge in [-0.15, -0.1) is 25.3 Å². The Morgan fingerprint density at radius 2 is 1.14 bits per heavy atom. The summed E-state index contributed by atoms with van der Waals surface area (Å²) < 4.78 is 8.63. The van der Waals surface area contributed by atoms with Crippen molar-refractivity contribution in [2.24, 2.45) is 0 Å².